The Morgan fingerprint density at radius 2 is 2.06 bits per heavy atom. The molecule has 0 saturated carbocycles. The molecule has 2 N–H and O–H groups in total. The Bertz CT molecular complexity index is 493. The maximum Gasteiger partial charge on any atom is 0.228 e. The Hall–Kier alpha value is -1.88. The lowest BCUT2D eigenvalue weighted by Crippen LogP contribution is -2.15. The first kappa shape index (κ1) is 11.6. The molecule has 5 nitrogen and oxygen atoms in total. The standard InChI is InChI=1S/C12H16N4O/c1-16(2)8-7-11-14-12(15-17-11)9-5-3-4-6-10(9)13/h3-6H,7-8,13H2,1-2H3. The molecular weight excluding hydrogens is 216 g/mol. The van der Waals surface area contributed by atoms with Crippen molar-refractivity contribution in [2.45, 2.75) is 6.42 Å². The van der Waals surface area contributed by atoms with Gasteiger partial charge < -0.3 is 15.2 Å². The average molecular weight is 232 g/mol. The number of hydrogen-bond donors (Lipinski definition) is 1. The van der Waals surface area contributed by atoms with Crippen molar-refractivity contribution in [1.82, 2.24) is 15.0 Å². The molecule has 90 valence electrons. The predicted molar refractivity (Wildman–Crippen MR) is 66.4 cm³/mol. The van der Waals surface area contributed by atoms with Gasteiger partial charge >= 0.3 is 0 Å². The van der Waals surface area contributed by atoms with Crippen LogP contribution in [0.15, 0.2) is 28.8 Å². The zero-order chi connectivity index (χ0) is 12.3. The van der Waals surface area contributed by atoms with Crippen molar-refractivity contribution in [2.24, 2.45) is 0 Å². The summed E-state index contributed by atoms with van der Waals surface area (Å²) < 4.78 is 5.18. The van der Waals surface area contributed by atoms with Crippen molar-refractivity contribution in [3.63, 3.8) is 0 Å². The first-order valence-corrected chi connectivity index (χ1v) is 5.49. The second-order valence-corrected chi connectivity index (χ2v) is 4.15. The number of nitrogens with two attached hydrogens (primary N) is 1. The predicted octanol–water partition coefficient (Wildman–Crippen LogP) is 1.42. The first-order valence-electron chi connectivity index (χ1n) is 5.49. The molecule has 0 spiro atoms. The Balaban J connectivity index is 2.16. The molecule has 1 aromatic carbocycles. The molecule has 0 saturated heterocycles. The van der Waals surface area contributed by atoms with Crippen LogP contribution in [0.4, 0.5) is 5.69 Å². The van der Waals surface area contributed by atoms with Crippen molar-refractivity contribution in [1.29, 1.82) is 0 Å². The van der Waals surface area contributed by atoms with E-state index in [9.17, 15) is 0 Å². The van der Waals surface area contributed by atoms with Crippen LogP contribution in [0.25, 0.3) is 11.4 Å². The van der Waals surface area contributed by atoms with Gasteiger partial charge in [0.25, 0.3) is 0 Å². The van der Waals surface area contributed by atoms with Gasteiger partial charge in [0.2, 0.25) is 11.7 Å². The normalized spacial score (nSPS) is 11.0. The summed E-state index contributed by atoms with van der Waals surface area (Å²) in [4.78, 5) is 6.40. The van der Waals surface area contributed by atoms with Crippen LogP contribution >= 0.6 is 0 Å². The van der Waals surface area contributed by atoms with Gasteiger partial charge in [0, 0.05) is 24.2 Å². The largest absolute Gasteiger partial charge is 0.398 e. The number of anilines is 1. The number of hydrogen-bond acceptors (Lipinski definition) is 5. The third-order valence-electron chi connectivity index (χ3n) is 2.44. The summed E-state index contributed by atoms with van der Waals surface area (Å²) in [6, 6.07) is 7.49. The van der Waals surface area contributed by atoms with Crippen LogP contribution in [0.5, 0.6) is 0 Å². The molecule has 1 aromatic heterocycles. The van der Waals surface area contributed by atoms with Gasteiger partial charge in [-0.25, -0.2) is 0 Å². The van der Waals surface area contributed by atoms with Crippen molar-refractivity contribution in [3.05, 3.63) is 30.2 Å². The highest BCUT2D eigenvalue weighted by Gasteiger charge is 2.10. The molecule has 0 fully saturated rings. The quantitative estimate of drug-likeness (QED) is 0.807. The van der Waals surface area contributed by atoms with Crippen LogP contribution in [0, 0.1) is 0 Å². The third-order valence-corrected chi connectivity index (χ3v) is 2.44. The molecular formula is C12H16N4O. The molecule has 2 aromatic rings. The Morgan fingerprint density at radius 3 is 2.76 bits per heavy atom. The van der Waals surface area contributed by atoms with E-state index in [2.05, 4.69) is 15.0 Å². The monoisotopic (exact) mass is 232 g/mol. The number of nitrogen functional groups attached to an aromatic ring is 1. The van der Waals surface area contributed by atoms with Crippen molar-refractivity contribution < 1.29 is 4.52 Å². The number of likely N-dealkylation sites (N-methyl/N-ethyl adjacent to an activating group) is 1. The van der Waals surface area contributed by atoms with Gasteiger partial charge in [0.15, 0.2) is 0 Å². The Kier molecular flexibility index (Phi) is 3.39. The lowest BCUT2D eigenvalue weighted by atomic mass is 10.2. The second kappa shape index (κ2) is 4.97. The maximum atomic E-state index is 5.85. The van der Waals surface area contributed by atoms with E-state index in [1.165, 1.54) is 0 Å². The highest BCUT2D eigenvalue weighted by Crippen LogP contribution is 2.22. The third kappa shape index (κ3) is 2.82. The molecule has 0 aliphatic carbocycles. The average Bonchev–Trinajstić information content (AvgIpc) is 2.75. The molecule has 1 heterocycles. The number of para-hydroxylation sites is 1. The number of nitrogens with zero attached hydrogens (tertiary/aromatic N) is 3. The molecule has 0 amide bonds. The number of benzene rings is 1. The van der Waals surface area contributed by atoms with Crippen LogP contribution < -0.4 is 5.73 Å². The van der Waals surface area contributed by atoms with E-state index in [1.807, 2.05) is 38.4 Å². The molecule has 5 heteroatoms. The van der Waals surface area contributed by atoms with E-state index in [0.29, 0.717) is 17.4 Å². The van der Waals surface area contributed by atoms with Crippen molar-refractivity contribution >= 4 is 5.69 Å². The van der Waals surface area contributed by atoms with Crippen molar-refractivity contribution in [2.75, 3.05) is 26.4 Å². The summed E-state index contributed by atoms with van der Waals surface area (Å²) in [5.41, 5.74) is 7.33. The molecule has 17 heavy (non-hydrogen) atoms. The van der Waals surface area contributed by atoms with Crippen LogP contribution in [-0.2, 0) is 6.42 Å². The van der Waals surface area contributed by atoms with E-state index in [-0.39, 0.29) is 0 Å². The van der Waals surface area contributed by atoms with Gasteiger partial charge in [-0.05, 0) is 26.2 Å². The molecule has 2 rings (SSSR count). The lowest BCUT2D eigenvalue weighted by molar-refractivity contribution is 0.344. The SMILES string of the molecule is CN(C)CCc1nc(-c2ccccc2N)no1. The maximum absolute atomic E-state index is 5.85. The highest BCUT2D eigenvalue weighted by atomic mass is 16.5. The molecule has 0 aliphatic heterocycles. The van der Waals surface area contributed by atoms with Crippen LogP contribution in [0.3, 0.4) is 0 Å². The van der Waals surface area contributed by atoms with Gasteiger partial charge in [-0.3, -0.25) is 0 Å². The Labute approximate surface area is 100 Å². The molecule has 0 atom stereocenters. The lowest BCUT2D eigenvalue weighted by Gasteiger charge is -2.05. The number of rotatable bonds is 4. The summed E-state index contributed by atoms with van der Waals surface area (Å²) in [5, 5.41) is 3.94. The van der Waals surface area contributed by atoms with Gasteiger partial charge in [0.05, 0.1) is 0 Å². The van der Waals surface area contributed by atoms with Gasteiger partial charge in [0.1, 0.15) is 0 Å². The molecule has 0 aliphatic rings. The zero-order valence-corrected chi connectivity index (χ0v) is 10.1. The van der Waals surface area contributed by atoms with E-state index in [0.717, 1.165) is 18.5 Å². The highest BCUT2D eigenvalue weighted by molar-refractivity contribution is 5.70. The van der Waals surface area contributed by atoms with E-state index >= 15 is 0 Å². The summed E-state index contributed by atoms with van der Waals surface area (Å²) in [7, 11) is 4.01. The van der Waals surface area contributed by atoms with E-state index in [4.69, 9.17) is 10.3 Å². The van der Waals surface area contributed by atoms with E-state index < -0.39 is 0 Å². The molecule has 0 bridgehead atoms. The topological polar surface area (TPSA) is 68.2 Å². The van der Waals surface area contributed by atoms with Crippen LogP contribution in [0.1, 0.15) is 5.89 Å². The molecule has 0 radical (unpaired) electrons. The fourth-order valence-corrected chi connectivity index (χ4v) is 1.49. The van der Waals surface area contributed by atoms with Gasteiger partial charge in [-0.15, -0.1) is 0 Å². The van der Waals surface area contributed by atoms with Crippen molar-refractivity contribution in [3.8, 4) is 11.4 Å². The van der Waals surface area contributed by atoms with Crippen LogP contribution in [0.2, 0.25) is 0 Å². The summed E-state index contributed by atoms with van der Waals surface area (Å²) in [6.07, 6.45) is 0.743. The second-order valence-electron chi connectivity index (χ2n) is 4.15. The number of aromatic nitrogens is 2. The summed E-state index contributed by atoms with van der Waals surface area (Å²) in [6.45, 7) is 0.881. The summed E-state index contributed by atoms with van der Waals surface area (Å²) in [5.74, 6) is 1.19. The molecule has 0 unspecified atom stereocenters. The summed E-state index contributed by atoms with van der Waals surface area (Å²) >= 11 is 0. The first-order chi connectivity index (χ1) is 8.16. The smallest absolute Gasteiger partial charge is 0.228 e. The minimum Gasteiger partial charge on any atom is -0.398 e. The minimum absolute atomic E-state index is 0.553. The fourth-order valence-electron chi connectivity index (χ4n) is 1.49. The van der Waals surface area contributed by atoms with Gasteiger partial charge in [-0.2, -0.15) is 4.98 Å². The van der Waals surface area contributed by atoms with Crippen LogP contribution in [-0.4, -0.2) is 35.7 Å². The fraction of sp³-hybridized carbons (Fsp3) is 0.333. The minimum atomic E-state index is 0.553. The Morgan fingerprint density at radius 1 is 1.29 bits per heavy atom. The van der Waals surface area contributed by atoms with E-state index in [1.54, 1.807) is 0 Å². The zero-order valence-electron chi connectivity index (χ0n) is 10.1. The van der Waals surface area contributed by atoms with Gasteiger partial charge in [-0.1, -0.05) is 17.3 Å².